The van der Waals surface area contributed by atoms with E-state index >= 15 is 0 Å². The molecule has 0 unspecified atom stereocenters. The van der Waals surface area contributed by atoms with Crippen LogP contribution in [0.2, 0.25) is 0 Å². The van der Waals surface area contributed by atoms with E-state index in [1.54, 1.807) is 18.2 Å². The Labute approximate surface area is 151 Å². The number of rotatable bonds is 4. The van der Waals surface area contributed by atoms with Crippen LogP contribution in [0.3, 0.4) is 0 Å². The van der Waals surface area contributed by atoms with E-state index in [1.165, 1.54) is 18.3 Å². The molecule has 0 spiro atoms. The standard InChI is InChI=1S/C18H13BrN2O2S/c1-11(22)16-15(12-7-3-2-4-8-12)20-18(24-16)21-17(23)13-9-5-6-10-14(13)19/h2-10H,1H3,(H,20,21,23). The number of anilines is 1. The van der Waals surface area contributed by atoms with Gasteiger partial charge in [-0.2, -0.15) is 0 Å². The second kappa shape index (κ2) is 7.07. The molecule has 120 valence electrons. The van der Waals surface area contributed by atoms with Gasteiger partial charge in [-0.25, -0.2) is 4.98 Å². The van der Waals surface area contributed by atoms with Crippen molar-refractivity contribution in [3.63, 3.8) is 0 Å². The van der Waals surface area contributed by atoms with Gasteiger partial charge in [-0.3, -0.25) is 14.9 Å². The van der Waals surface area contributed by atoms with Crippen molar-refractivity contribution in [2.75, 3.05) is 5.32 Å². The van der Waals surface area contributed by atoms with Gasteiger partial charge in [0.1, 0.15) is 0 Å². The van der Waals surface area contributed by atoms with Crippen LogP contribution in [0.25, 0.3) is 11.3 Å². The first-order valence-corrected chi connectivity index (χ1v) is 8.80. The molecule has 1 N–H and O–H groups in total. The fourth-order valence-corrected chi connectivity index (χ4v) is 3.56. The molecule has 1 aromatic heterocycles. The van der Waals surface area contributed by atoms with Crippen molar-refractivity contribution in [2.45, 2.75) is 6.92 Å². The molecule has 0 saturated carbocycles. The van der Waals surface area contributed by atoms with E-state index in [2.05, 4.69) is 26.2 Å². The average molecular weight is 401 g/mol. The topological polar surface area (TPSA) is 59.1 Å². The monoisotopic (exact) mass is 400 g/mol. The van der Waals surface area contributed by atoms with Gasteiger partial charge in [-0.15, -0.1) is 0 Å². The van der Waals surface area contributed by atoms with Crippen molar-refractivity contribution in [2.24, 2.45) is 0 Å². The Bertz CT molecular complexity index is 906. The second-order valence-corrected chi connectivity index (χ2v) is 6.91. The Morgan fingerprint density at radius 2 is 1.71 bits per heavy atom. The Balaban J connectivity index is 1.94. The fraction of sp³-hybridized carbons (Fsp3) is 0.0556. The summed E-state index contributed by atoms with van der Waals surface area (Å²) >= 11 is 4.54. The molecule has 1 amide bonds. The molecular formula is C18H13BrN2O2S. The highest BCUT2D eigenvalue weighted by molar-refractivity contribution is 9.10. The Morgan fingerprint density at radius 1 is 1.04 bits per heavy atom. The van der Waals surface area contributed by atoms with Crippen LogP contribution in [-0.2, 0) is 0 Å². The molecule has 2 aromatic carbocycles. The molecule has 3 aromatic rings. The maximum atomic E-state index is 12.4. The van der Waals surface area contributed by atoms with Gasteiger partial charge in [0.05, 0.1) is 16.1 Å². The molecule has 0 aliphatic heterocycles. The summed E-state index contributed by atoms with van der Waals surface area (Å²) in [5, 5.41) is 3.17. The first kappa shape index (κ1) is 16.5. The first-order valence-electron chi connectivity index (χ1n) is 7.19. The van der Waals surface area contributed by atoms with Crippen LogP contribution < -0.4 is 5.32 Å². The highest BCUT2D eigenvalue weighted by Gasteiger charge is 2.18. The molecule has 0 aliphatic rings. The minimum atomic E-state index is -0.272. The zero-order chi connectivity index (χ0) is 17.1. The molecule has 6 heteroatoms. The lowest BCUT2D eigenvalue weighted by atomic mass is 10.1. The maximum Gasteiger partial charge on any atom is 0.258 e. The molecule has 0 saturated heterocycles. The van der Waals surface area contributed by atoms with Crippen molar-refractivity contribution in [3.8, 4) is 11.3 Å². The molecule has 0 atom stereocenters. The molecule has 3 rings (SSSR count). The van der Waals surface area contributed by atoms with E-state index in [9.17, 15) is 9.59 Å². The Hall–Kier alpha value is -2.31. The van der Waals surface area contributed by atoms with Crippen LogP contribution in [0.5, 0.6) is 0 Å². The minimum Gasteiger partial charge on any atom is -0.298 e. The molecule has 0 bridgehead atoms. The predicted molar refractivity (Wildman–Crippen MR) is 99.6 cm³/mol. The number of carbonyl (C=O) groups excluding carboxylic acids is 2. The third-order valence-electron chi connectivity index (χ3n) is 3.33. The third-order valence-corrected chi connectivity index (χ3v) is 5.10. The number of hydrogen-bond acceptors (Lipinski definition) is 4. The summed E-state index contributed by atoms with van der Waals surface area (Å²) in [4.78, 5) is 29.3. The van der Waals surface area contributed by atoms with E-state index < -0.39 is 0 Å². The van der Waals surface area contributed by atoms with Crippen LogP contribution in [0, 0.1) is 0 Å². The van der Waals surface area contributed by atoms with Gasteiger partial charge in [0.25, 0.3) is 5.91 Å². The predicted octanol–water partition coefficient (Wildman–Crippen LogP) is 5.03. The van der Waals surface area contributed by atoms with Gasteiger partial charge in [-0.05, 0) is 28.1 Å². The number of carbonyl (C=O) groups is 2. The summed E-state index contributed by atoms with van der Waals surface area (Å²) in [5.41, 5.74) is 1.95. The van der Waals surface area contributed by atoms with Crippen LogP contribution in [-0.4, -0.2) is 16.7 Å². The van der Waals surface area contributed by atoms with E-state index in [4.69, 9.17) is 0 Å². The number of ketones is 1. The summed E-state index contributed by atoms with van der Waals surface area (Å²) in [7, 11) is 0. The van der Waals surface area contributed by atoms with Crippen molar-refractivity contribution >= 4 is 44.1 Å². The highest BCUT2D eigenvalue weighted by atomic mass is 79.9. The lowest BCUT2D eigenvalue weighted by molar-refractivity contribution is 0.101. The lowest BCUT2D eigenvalue weighted by Crippen LogP contribution is -2.12. The number of nitrogens with zero attached hydrogens (tertiary/aromatic N) is 1. The second-order valence-electron chi connectivity index (χ2n) is 5.05. The Kier molecular flexibility index (Phi) is 4.87. The molecule has 24 heavy (non-hydrogen) atoms. The minimum absolute atomic E-state index is 0.0762. The number of amides is 1. The quantitative estimate of drug-likeness (QED) is 0.624. The van der Waals surface area contributed by atoms with Crippen LogP contribution in [0.15, 0.2) is 59.1 Å². The van der Waals surface area contributed by atoms with Crippen molar-refractivity contribution < 1.29 is 9.59 Å². The summed E-state index contributed by atoms with van der Waals surface area (Å²) < 4.78 is 0.703. The summed E-state index contributed by atoms with van der Waals surface area (Å²) in [6, 6.07) is 16.6. The molecular weight excluding hydrogens is 388 g/mol. The van der Waals surface area contributed by atoms with Gasteiger partial charge < -0.3 is 0 Å². The smallest absolute Gasteiger partial charge is 0.258 e. The number of hydrogen-bond donors (Lipinski definition) is 1. The number of aromatic nitrogens is 1. The molecule has 0 radical (unpaired) electrons. The largest absolute Gasteiger partial charge is 0.298 e. The zero-order valence-electron chi connectivity index (χ0n) is 12.7. The average Bonchev–Trinajstić information content (AvgIpc) is 3.00. The van der Waals surface area contributed by atoms with Gasteiger partial charge in [0, 0.05) is 17.0 Å². The molecule has 0 aliphatic carbocycles. The van der Waals surface area contributed by atoms with E-state index in [1.807, 2.05) is 36.4 Å². The van der Waals surface area contributed by atoms with Gasteiger partial charge in [-0.1, -0.05) is 53.8 Å². The van der Waals surface area contributed by atoms with Crippen molar-refractivity contribution in [3.05, 3.63) is 69.5 Å². The number of Topliss-reactive ketones (excluding diaryl/α,β-unsaturated/α-hetero) is 1. The molecule has 4 nitrogen and oxygen atoms in total. The Morgan fingerprint density at radius 3 is 2.38 bits per heavy atom. The number of benzene rings is 2. The van der Waals surface area contributed by atoms with Crippen molar-refractivity contribution in [1.82, 2.24) is 4.98 Å². The third kappa shape index (κ3) is 3.44. The van der Waals surface area contributed by atoms with Crippen LogP contribution >= 0.6 is 27.3 Å². The summed E-state index contributed by atoms with van der Waals surface area (Å²) in [6.07, 6.45) is 0. The van der Waals surface area contributed by atoms with Crippen LogP contribution in [0.4, 0.5) is 5.13 Å². The number of thiazole rings is 1. The zero-order valence-corrected chi connectivity index (χ0v) is 15.1. The maximum absolute atomic E-state index is 12.4. The summed E-state index contributed by atoms with van der Waals surface area (Å²) in [5.74, 6) is -0.348. The van der Waals surface area contributed by atoms with Gasteiger partial charge in [0.15, 0.2) is 10.9 Å². The molecule has 0 fully saturated rings. The lowest BCUT2D eigenvalue weighted by Gasteiger charge is -2.03. The van der Waals surface area contributed by atoms with Crippen molar-refractivity contribution in [1.29, 1.82) is 0 Å². The molecule has 1 heterocycles. The SMILES string of the molecule is CC(=O)c1sc(NC(=O)c2ccccc2Br)nc1-c1ccccc1. The number of halogens is 1. The van der Waals surface area contributed by atoms with E-state index in [0.717, 1.165) is 5.56 Å². The summed E-state index contributed by atoms with van der Waals surface area (Å²) in [6.45, 7) is 1.50. The highest BCUT2D eigenvalue weighted by Crippen LogP contribution is 2.32. The normalized spacial score (nSPS) is 10.4. The van der Waals surface area contributed by atoms with Gasteiger partial charge >= 0.3 is 0 Å². The van der Waals surface area contributed by atoms with E-state index in [-0.39, 0.29) is 11.7 Å². The van der Waals surface area contributed by atoms with Gasteiger partial charge in [0.2, 0.25) is 0 Å². The fourth-order valence-electron chi connectivity index (χ4n) is 2.21. The first-order chi connectivity index (χ1) is 11.6. The number of nitrogens with one attached hydrogen (secondary N) is 1. The van der Waals surface area contributed by atoms with Crippen LogP contribution in [0.1, 0.15) is 27.0 Å². The van der Waals surface area contributed by atoms with E-state index in [0.29, 0.717) is 25.7 Å².